The Labute approximate surface area is 152 Å². The summed E-state index contributed by atoms with van der Waals surface area (Å²) in [6.07, 6.45) is 0.0359. The van der Waals surface area contributed by atoms with Gasteiger partial charge in [-0.1, -0.05) is 0 Å². The number of halogens is 4. The molecule has 2 N–H and O–H groups in total. The van der Waals surface area contributed by atoms with Gasteiger partial charge in [0.2, 0.25) is 0 Å². The Morgan fingerprint density at radius 1 is 1.11 bits per heavy atom. The molecule has 1 saturated carbocycles. The lowest BCUT2D eigenvalue weighted by Crippen LogP contribution is -2.26. The Morgan fingerprint density at radius 3 is 2.33 bits per heavy atom. The first-order valence-electron chi connectivity index (χ1n) is 8.65. The number of aromatic nitrogens is 1. The van der Waals surface area contributed by atoms with Crippen LogP contribution < -0.4 is 5.32 Å². The summed E-state index contributed by atoms with van der Waals surface area (Å²) in [4.78, 5) is 15.8. The van der Waals surface area contributed by atoms with E-state index in [1.807, 2.05) is 0 Å². The number of pyridine rings is 1. The maximum Gasteiger partial charge on any atom is 0.419 e. The van der Waals surface area contributed by atoms with Gasteiger partial charge in [0, 0.05) is 17.4 Å². The summed E-state index contributed by atoms with van der Waals surface area (Å²) in [7, 11) is 0. The van der Waals surface area contributed by atoms with E-state index in [2.05, 4.69) is 10.3 Å². The van der Waals surface area contributed by atoms with Crippen molar-refractivity contribution in [2.24, 2.45) is 0 Å². The highest BCUT2D eigenvalue weighted by atomic mass is 19.4. The van der Waals surface area contributed by atoms with Crippen LogP contribution in [0.25, 0.3) is 0 Å². The minimum Gasteiger partial charge on any atom is -0.478 e. The summed E-state index contributed by atoms with van der Waals surface area (Å²) in [6, 6.07) is 2.68. The van der Waals surface area contributed by atoms with Gasteiger partial charge in [-0.3, -0.25) is 0 Å². The van der Waals surface area contributed by atoms with Gasteiger partial charge >= 0.3 is 12.1 Å². The third-order valence-electron chi connectivity index (χ3n) is 5.47. The van der Waals surface area contributed by atoms with Crippen LogP contribution in [0.3, 0.4) is 0 Å². The van der Waals surface area contributed by atoms with Gasteiger partial charge in [0.1, 0.15) is 11.6 Å². The molecule has 1 heterocycles. The van der Waals surface area contributed by atoms with Crippen molar-refractivity contribution < 1.29 is 27.5 Å². The summed E-state index contributed by atoms with van der Waals surface area (Å²) in [6.45, 7) is 0. The van der Waals surface area contributed by atoms with E-state index in [9.17, 15) is 27.5 Å². The molecular weight excluding hydrogens is 364 g/mol. The number of hydrogen-bond acceptors (Lipinski definition) is 3. The standard InChI is InChI=1S/C19H16F4N2O2/c20-14-6-5-11(7-13(14)19(21,22)23)25-17-16-10-3-1-9(2-4-10)15(16)12(8-24-17)18(26)27/h5-10H,1-4H2,(H,24,25)(H,26,27). The molecule has 27 heavy (non-hydrogen) atoms. The molecule has 3 aliphatic carbocycles. The van der Waals surface area contributed by atoms with E-state index in [1.165, 1.54) is 12.3 Å². The number of benzene rings is 1. The number of anilines is 2. The van der Waals surface area contributed by atoms with Crippen LogP contribution in [0.2, 0.25) is 0 Å². The molecule has 8 heteroatoms. The van der Waals surface area contributed by atoms with Gasteiger partial charge in [0.15, 0.2) is 0 Å². The minimum atomic E-state index is -4.80. The van der Waals surface area contributed by atoms with Crippen LogP contribution in [0, 0.1) is 5.82 Å². The fourth-order valence-corrected chi connectivity index (χ4v) is 4.29. The first-order valence-corrected chi connectivity index (χ1v) is 8.65. The average Bonchev–Trinajstić information content (AvgIpc) is 2.63. The number of carbonyl (C=O) groups is 1. The van der Waals surface area contributed by atoms with Crippen LogP contribution in [0.4, 0.5) is 29.1 Å². The van der Waals surface area contributed by atoms with E-state index in [1.54, 1.807) is 0 Å². The van der Waals surface area contributed by atoms with Crippen LogP contribution in [0.15, 0.2) is 24.4 Å². The van der Waals surface area contributed by atoms with Gasteiger partial charge in [-0.25, -0.2) is 14.2 Å². The molecule has 0 spiro atoms. The number of nitrogens with zero attached hydrogens (tertiary/aromatic N) is 1. The highest BCUT2D eigenvalue weighted by Crippen LogP contribution is 2.52. The van der Waals surface area contributed by atoms with Crippen molar-refractivity contribution in [2.75, 3.05) is 5.32 Å². The molecule has 1 aromatic carbocycles. The maximum absolute atomic E-state index is 13.5. The Morgan fingerprint density at radius 2 is 1.74 bits per heavy atom. The summed E-state index contributed by atoms with van der Waals surface area (Å²) in [5.74, 6) is -1.80. The third kappa shape index (κ3) is 3.02. The predicted octanol–water partition coefficient (Wildman–Crippen LogP) is 5.44. The fourth-order valence-electron chi connectivity index (χ4n) is 4.29. The molecular formula is C19H16F4N2O2. The maximum atomic E-state index is 13.5. The number of aromatic carboxylic acids is 1. The zero-order valence-electron chi connectivity index (χ0n) is 14.1. The molecule has 0 aliphatic heterocycles. The van der Waals surface area contributed by atoms with E-state index < -0.39 is 23.5 Å². The quantitative estimate of drug-likeness (QED) is 0.697. The second-order valence-electron chi connectivity index (χ2n) is 7.02. The summed E-state index contributed by atoms with van der Waals surface area (Å²) in [5.41, 5.74) is 0.365. The van der Waals surface area contributed by atoms with Crippen LogP contribution in [0.1, 0.15) is 64.6 Å². The lowest BCUT2D eigenvalue weighted by atomic mass is 9.66. The van der Waals surface area contributed by atoms with Crippen molar-refractivity contribution in [1.29, 1.82) is 0 Å². The van der Waals surface area contributed by atoms with Gasteiger partial charge < -0.3 is 10.4 Å². The first kappa shape index (κ1) is 17.8. The third-order valence-corrected chi connectivity index (χ3v) is 5.47. The minimum absolute atomic E-state index is 0.0583. The van der Waals surface area contributed by atoms with Crippen molar-refractivity contribution >= 4 is 17.5 Å². The van der Waals surface area contributed by atoms with Gasteiger partial charge in [0.25, 0.3) is 0 Å². The Bertz CT molecular complexity index is 919. The molecule has 1 aromatic heterocycles. The van der Waals surface area contributed by atoms with E-state index >= 15 is 0 Å². The number of carboxylic acids is 1. The van der Waals surface area contributed by atoms with Crippen molar-refractivity contribution in [1.82, 2.24) is 4.98 Å². The number of fused-ring (bicyclic) bond motifs is 2. The normalized spacial score (nSPS) is 21.0. The Hall–Kier alpha value is -2.64. The van der Waals surface area contributed by atoms with Gasteiger partial charge in [-0.15, -0.1) is 0 Å². The topological polar surface area (TPSA) is 62.2 Å². The molecule has 142 valence electrons. The van der Waals surface area contributed by atoms with Crippen LogP contribution >= 0.6 is 0 Å². The fraction of sp³-hybridized carbons (Fsp3) is 0.368. The van der Waals surface area contributed by atoms with E-state index in [0.29, 0.717) is 11.9 Å². The molecule has 5 rings (SSSR count). The molecule has 4 nitrogen and oxygen atoms in total. The number of carboxylic acid groups (broad SMARTS) is 1. The molecule has 0 atom stereocenters. The van der Waals surface area contributed by atoms with E-state index in [-0.39, 0.29) is 23.1 Å². The lowest BCUT2D eigenvalue weighted by Gasteiger charge is -2.39. The largest absolute Gasteiger partial charge is 0.478 e. The molecule has 0 radical (unpaired) electrons. The second-order valence-corrected chi connectivity index (χ2v) is 7.02. The predicted molar refractivity (Wildman–Crippen MR) is 89.8 cm³/mol. The SMILES string of the molecule is O=C(O)c1cnc(Nc2ccc(F)c(C(F)(F)F)c2)c2c1C1CCC2CC1. The van der Waals surface area contributed by atoms with Crippen LogP contribution in [-0.2, 0) is 6.18 Å². The number of hydrogen-bond donors (Lipinski definition) is 2. The summed E-state index contributed by atoms with van der Waals surface area (Å²) < 4.78 is 52.4. The van der Waals surface area contributed by atoms with Crippen LogP contribution in [0.5, 0.6) is 0 Å². The molecule has 2 aromatic rings. The smallest absolute Gasteiger partial charge is 0.419 e. The van der Waals surface area contributed by atoms with Gasteiger partial charge in [0.05, 0.1) is 11.1 Å². The first-order chi connectivity index (χ1) is 12.8. The van der Waals surface area contributed by atoms with Gasteiger partial charge in [-0.05, 0) is 61.3 Å². The molecule has 0 amide bonds. The van der Waals surface area contributed by atoms with E-state index in [0.717, 1.165) is 42.9 Å². The van der Waals surface area contributed by atoms with Crippen molar-refractivity contribution in [2.45, 2.75) is 43.7 Å². The number of nitrogens with one attached hydrogen (secondary N) is 1. The number of rotatable bonds is 3. The highest BCUT2D eigenvalue weighted by molar-refractivity contribution is 5.91. The molecule has 2 bridgehead atoms. The summed E-state index contributed by atoms with van der Waals surface area (Å²) >= 11 is 0. The van der Waals surface area contributed by atoms with Crippen molar-refractivity contribution in [3.8, 4) is 0 Å². The Balaban J connectivity index is 1.79. The molecule has 3 aliphatic rings. The molecule has 1 fully saturated rings. The van der Waals surface area contributed by atoms with Crippen LogP contribution in [-0.4, -0.2) is 16.1 Å². The van der Waals surface area contributed by atoms with E-state index in [4.69, 9.17) is 0 Å². The summed E-state index contributed by atoms with van der Waals surface area (Å²) in [5, 5.41) is 12.3. The van der Waals surface area contributed by atoms with Crippen molar-refractivity contribution in [3.05, 3.63) is 52.5 Å². The zero-order chi connectivity index (χ0) is 19.3. The number of alkyl halides is 3. The lowest BCUT2D eigenvalue weighted by molar-refractivity contribution is -0.139. The molecule has 0 unspecified atom stereocenters. The Kier molecular flexibility index (Phi) is 4.09. The second kappa shape index (κ2) is 6.21. The van der Waals surface area contributed by atoms with Crippen molar-refractivity contribution in [3.63, 3.8) is 0 Å². The highest BCUT2D eigenvalue weighted by Gasteiger charge is 2.38. The van der Waals surface area contributed by atoms with Gasteiger partial charge in [-0.2, -0.15) is 13.2 Å². The average molecular weight is 380 g/mol. The monoisotopic (exact) mass is 380 g/mol. The zero-order valence-corrected chi connectivity index (χ0v) is 14.1. The molecule has 0 saturated heterocycles.